The van der Waals surface area contributed by atoms with Gasteiger partial charge in [0.2, 0.25) is 5.91 Å². The van der Waals surface area contributed by atoms with Gasteiger partial charge in [0.15, 0.2) is 6.29 Å². The summed E-state index contributed by atoms with van der Waals surface area (Å²) in [5.74, 6) is 0.652. The maximum absolute atomic E-state index is 13.7. The average Bonchev–Trinajstić information content (AvgIpc) is 3.13. The number of benzene rings is 2. The van der Waals surface area contributed by atoms with Gasteiger partial charge in [0.05, 0.1) is 18.1 Å². The Kier molecular flexibility index (Phi) is 10.4. The molecule has 1 heterocycles. The van der Waals surface area contributed by atoms with E-state index in [1.165, 1.54) is 8.96 Å². The molecule has 37 heavy (non-hydrogen) atoms. The fourth-order valence-electron chi connectivity index (χ4n) is 4.40. The molecule has 3 aromatic rings. The van der Waals surface area contributed by atoms with Crippen LogP contribution >= 0.6 is 22.6 Å². The second-order valence-electron chi connectivity index (χ2n) is 10.1. The molecule has 0 saturated carbocycles. The Morgan fingerprint density at radius 1 is 1.08 bits per heavy atom. The summed E-state index contributed by atoms with van der Waals surface area (Å²) in [6.07, 6.45) is 2.00. The SMILES string of the molecule is CCOC(CN(Cc1cccc2c(I)cn(C)c12)C(=O)[C@@H](N)Cc1ccc(OC(C)(C)C)cc1)OCC. The van der Waals surface area contributed by atoms with Gasteiger partial charge >= 0.3 is 0 Å². The molecular weight excluding hydrogens is 581 g/mol. The van der Waals surface area contributed by atoms with Crippen LogP contribution in [0.2, 0.25) is 0 Å². The largest absolute Gasteiger partial charge is 0.488 e. The number of hydrogen-bond acceptors (Lipinski definition) is 5. The van der Waals surface area contributed by atoms with E-state index >= 15 is 0 Å². The number of aryl methyl sites for hydroxylation is 1. The molecule has 1 aromatic heterocycles. The quantitative estimate of drug-likeness (QED) is 0.221. The van der Waals surface area contributed by atoms with Crippen LogP contribution in [0.1, 0.15) is 45.7 Å². The number of aromatic nitrogens is 1. The molecule has 0 unspecified atom stereocenters. The summed E-state index contributed by atoms with van der Waals surface area (Å²) in [6.45, 7) is 11.6. The van der Waals surface area contributed by atoms with Crippen molar-refractivity contribution < 1.29 is 19.0 Å². The van der Waals surface area contributed by atoms with E-state index < -0.39 is 12.3 Å². The first-order valence-electron chi connectivity index (χ1n) is 12.8. The Morgan fingerprint density at radius 3 is 2.32 bits per heavy atom. The van der Waals surface area contributed by atoms with Gasteiger partial charge in [-0.3, -0.25) is 4.79 Å². The van der Waals surface area contributed by atoms with E-state index in [9.17, 15) is 4.79 Å². The lowest BCUT2D eigenvalue weighted by Gasteiger charge is -2.30. The summed E-state index contributed by atoms with van der Waals surface area (Å²) in [6, 6.07) is 13.3. The van der Waals surface area contributed by atoms with E-state index in [4.69, 9.17) is 19.9 Å². The number of carbonyl (C=O) groups excluding carboxylic acids is 1. The second kappa shape index (κ2) is 13.1. The van der Waals surface area contributed by atoms with Gasteiger partial charge < -0.3 is 29.4 Å². The fraction of sp³-hybridized carbons (Fsp3) is 0.483. The zero-order valence-corrected chi connectivity index (χ0v) is 24.9. The molecule has 3 rings (SSSR count). The third kappa shape index (κ3) is 8.17. The predicted molar refractivity (Wildman–Crippen MR) is 157 cm³/mol. The number of nitrogens with zero attached hydrogens (tertiary/aromatic N) is 2. The van der Waals surface area contributed by atoms with Crippen LogP contribution in [0.3, 0.4) is 0 Å². The first kappa shape index (κ1) is 29.4. The molecule has 0 spiro atoms. The third-order valence-corrected chi connectivity index (χ3v) is 6.76. The van der Waals surface area contributed by atoms with Crippen molar-refractivity contribution in [3.63, 3.8) is 0 Å². The molecule has 0 radical (unpaired) electrons. The van der Waals surface area contributed by atoms with Gasteiger partial charge in [-0.2, -0.15) is 0 Å². The second-order valence-corrected chi connectivity index (χ2v) is 11.3. The monoisotopic (exact) mass is 621 g/mol. The van der Waals surface area contributed by atoms with Gasteiger partial charge in [-0.05, 0) is 86.9 Å². The summed E-state index contributed by atoms with van der Waals surface area (Å²) < 4.78 is 20.8. The Labute approximate surface area is 234 Å². The molecule has 0 saturated heterocycles. The maximum atomic E-state index is 13.7. The lowest BCUT2D eigenvalue weighted by molar-refractivity contribution is -0.160. The number of hydrogen-bond donors (Lipinski definition) is 1. The molecule has 0 aliphatic carbocycles. The van der Waals surface area contributed by atoms with Crippen LogP contribution in [0.4, 0.5) is 0 Å². The van der Waals surface area contributed by atoms with Gasteiger partial charge in [-0.1, -0.05) is 30.3 Å². The predicted octanol–water partition coefficient (Wildman–Crippen LogP) is 5.26. The Balaban J connectivity index is 1.83. The molecule has 202 valence electrons. The number of para-hydroxylation sites is 1. The average molecular weight is 622 g/mol. The zero-order chi connectivity index (χ0) is 27.2. The smallest absolute Gasteiger partial charge is 0.240 e. The van der Waals surface area contributed by atoms with E-state index in [2.05, 4.69) is 45.5 Å². The third-order valence-electron chi connectivity index (χ3n) is 5.90. The van der Waals surface area contributed by atoms with E-state index in [1.807, 2.05) is 72.0 Å². The van der Waals surface area contributed by atoms with Crippen molar-refractivity contribution in [1.82, 2.24) is 9.47 Å². The van der Waals surface area contributed by atoms with Crippen LogP contribution < -0.4 is 10.5 Å². The van der Waals surface area contributed by atoms with Crippen molar-refractivity contribution in [3.8, 4) is 5.75 Å². The first-order chi connectivity index (χ1) is 17.5. The van der Waals surface area contributed by atoms with Crippen molar-refractivity contribution >= 4 is 39.4 Å². The Morgan fingerprint density at radius 2 is 1.73 bits per heavy atom. The minimum Gasteiger partial charge on any atom is -0.488 e. The van der Waals surface area contributed by atoms with Crippen molar-refractivity contribution in [3.05, 3.63) is 63.4 Å². The minimum atomic E-state index is -0.703. The van der Waals surface area contributed by atoms with Gasteiger partial charge in [0.25, 0.3) is 0 Å². The summed E-state index contributed by atoms with van der Waals surface area (Å²) in [4.78, 5) is 15.5. The molecule has 1 atom stereocenters. The molecule has 0 aliphatic rings. The summed E-state index contributed by atoms with van der Waals surface area (Å²) >= 11 is 2.35. The minimum absolute atomic E-state index is 0.139. The highest BCUT2D eigenvalue weighted by atomic mass is 127. The van der Waals surface area contributed by atoms with E-state index in [1.54, 1.807) is 4.90 Å². The molecule has 2 N–H and O–H groups in total. The van der Waals surface area contributed by atoms with Crippen LogP contribution in [-0.4, -0.2) is 53.1 Å². The first-order valence-corrected chi connectivity index (χ1v) is 13.9. The van der Waals surface area contributed by atoms with E-state index in [0.717, 1.165) is 22.4 Å². The number of fused-ring (bicyclic) bond motifs is 1. The lowest BCUT2D eigenvalue weighted by Crippen LogP contribution is -2.48. The topological polar surface area (TPSA) is 79.0 Å². The molecule has 0 aliphatic heterocycles. The molecule has 2 aromatic carbocycles. The fourth-order valence-corrected chi connectivity index (χ4v) is 5.25. The molecule has 7 nitrogen and oxygen atoms in total. The Bertz CT molecular complexity index is 1160. The van der Waals surface area contributed by atoms with E-state index in [-0.39, 0.29) is 11.5 Å². The highest BCUT2D eigenvalue weighted by molar-refractivity contribution is 14.1. The summed E-state index contributed by atoms with van der Waals surface area (Å²) in [5, 5.41) is 1.17. The number of carbonyl (C=O) groups is 1. The summed E-state index contributed by atoms with van der Waals surface area (Å²) in [5.41, 5.74) is 9.37. The van der Waals surface area contributed by atoms with Gasteiger partial charge in [-0.25, -0.2) is 0 Å². The molecular formula is C29H40IN3O4. The van der Waals surface area contributed by atoms with Crippen LogP contribution in [0.25, 0.3) is 10.9 Å². The molecule has 0 bridgehead atoms. The van der Waals surface area contributed by atoms with Crippen molar-refractivity contribution in [2.75, 3.05) is 19.8 Å². The summed E-state index contributed by atoms with van der Waals surface area (Å²) in [7, 11) is 2.03. The van der Waals surface area contributed by atoms with Gasteiger partial charge in [-0.15, -0.1) is 0 Å². The van der Waals surface area contributed by atoms with Crippen LogP contribution in [0.5, 0.6) is 5.75 Å². The molecule has 8 heteroatoms. The van der Waals surface area contributed by atoms with Gasteiger partial charge in [0, 0.05) is 42.0 Å². The number of amides is 1. The van der Waals surface area contributed by atoms with Crippen LogP contribution in [0, 0.1) is 3.57 Å². The van der Waals surface area contributed by atoms with E-state index in [0.29, 0.717) is 32.7 Å². The zero-order valence-electron chi connectivity index (χ0n) is 22.8. The number of rotatable bonds is 12. The number of halogens is 1. The van der Waals surface area contributed by atoms with Crippen molar-refractivity contribution in [1.29, 1.82) is 0 Å². The Hall–Kier alpha value is -2.14. The van der Waals surface area contributed by atoms with Crippen molar-refractivity contribution in [2.45, 2.75) is 65.5 Å². The molecule has 0 fully saturated rings. The highest BCUT2D eigenvalue weighted by Gasteiger charge is 2.26. The van der Waals surface area contributed by atoms with Crippen LogP contribution in [0.15, 0.2) is 48.7 Å². The van der Waals surface area contributed by atoms with Gasteiger partial charge in [0.1, 0.15) is 11.4 Å². The van der Waals surface area contributed by atoms with Crippen molar-refractivity contribution in [2.24, 2.45) is 12.8 Å². The number of ether oxygens (including phenoxy) is 3. The normalized spacial score (nSPS) is 12.8. The molecule has 1 amide bonds. The maximum Gasteiger partial charge on any atom is 0.240 e. The standard InChI is InChI=1S/C29H40IN3O4/c1-7-35-26(36-8-2)19-33(17-21-10-9-11-23-24(30)18-32(6)27(21)23)28(34)25(31)16-20-12-14-22(15-13-20)37-29(3,4)5/h9-15,18,25-26H,7-8,16-17,19,31H2,1-6H3/t25-/m0/s1. The highest BCUT2D eigenvalue weighted by Crippen LogP contribution is 2.27. The lowest BCUT2D eigenvalue weighted by atomic mass is 10.0. The number of nitrogens with two attached hydrogens (primary N) is 1. The van der Waals surface area contributed by atoms with Crippen LogP contribution in [-0.2, 0) is 34.3 Å².